The lowest BCUT2D eigenvalue weighted by molar-refractivity contribution is -0.134. The molecule has 1 fully saturated rings. The van der Waals surface area contributed by atoms with Crippen LogP contribution in [0.1, 0.15) is 56.9 Å². The minimum atomic E-state index is -0.435. The number of hydrogen-bond acceptors (Lipinski definition) is 9. The average Bonchev–Trinajstić information content (AvgIpc) is 3.30. The largest absolute Gasteiger partial charge is 0.462 e. The number of rotatable bonds is 10. The van der Waals surface area contributed by atoms with Crippen LogP contribution in [-0.2, 0) is 11.2 Å². The van der Waals surface area contributed by atoms with Gasteiger partial charge in [-0.25, -0.2) is 14.5 Å². The molecule has 3 aromatic rings. The lowest BCUT2D eigenvalue weighted by Gasteiger charge is -2.37. The molecule has 1 saturated heterocycles. The number of unbranched alkanes of at least 4 members (excludes halogenated alkanes) is 1. The Morgan fingerprint density at radius 3 is 2.59 bits per heavy atom. The van der Waals surface area contributed by atoms with Gasteiger partial charge >= 0.3 is 6.01 Å². The van der Waals surface area contributed by atoms with Crippen LogP contribution in [0.25, 0.3) is 5.65 Å². The van der Waals surface area contributed by atoms with Gasteiger partial charge in [0.1, 0.15) is 5.82 Å². The third-order valence-electron chi connectivity index (χ3n) is 7.09. The highest BCUT2D eigenvalue weighted by Crippen LogP contribution is 2.23. The minimum Gasteiger partial charge on any atom is -0.462 e. The molecule has 0 radical (unpaired) electrons. The number of nitrogen functional groups attached to an aromatic ring is 1. The van der Waals surface area contributed by atoms with E-state index in [2.05, 4.69) is 46.8 Å². The van der Waals surface area contributed by atoms with E-state index in [0.29, 0.717) is 37.6 Å². The first-order valence-electron chi connectivity index (χ1n) is 13.2. The first-order chi connectivity index (χ1) is 17.8. The zero-order valence-electron chi connectivity index (χ0n) is 22.4. The van der Waals surface area contributed by atoms with Gasteiger partial charge in [0.05, 0.1) is 24.5 Å². The monoisotopic (exact) mass is 509 g/mol. The number of fused-ring (bicyclic) bond motifs is 1. The summed E-state index contributed by atoms with van der Waals surface area (Å²) in [5.74, 6) is 1.46. The van der Waals surface area contributed by atoms with Gasteiger partial charge in [0.2, 0.25) is 5.91 Å². The van der Waals surface area contributed by atoms with E-state index in [4.69, 9.17) is 21.2 Å². The predicted octanol–water partition coefficient (Wildman–Crippen LogP) is 2.20. The molecule has 4 heterocycles. The van der Waals surface area contributed by atoms with Crippen molar-refractivity contribution in [1.82, 2.24) is 29.5 Å². The van der Waals surface area contributed by atoms with Gasteiger partial charge in [0.15, 0.2) is 11.5 Å². The van der Waals surface area contributed by atoms with E-state index in [-0.39, 0.29) is 17.8 Å². The van der Waals surface area contributed by atoms with Crippen molar-refractivity contribution in [3.63, 3.8) is 0 Å². The van der Waals surface area contributed by atoms with Gasteiger partial charge in [0, 0.05) is 38.8 Å². The Morgan fingerprint density at radius 1 is 1.16 bits per heavy atom. The Morgan fingerprint density at radius 2 is 1.92 bits per heavy atom. The highest BCUT2D eigenvalue weighted by molar-refractivity contribution is 5.82. The normalized spacial score (nSPS) is 15.7. The molecule has 0 aliphatic carbocycles. The molecule has 0 spiro atoms. The van der Waals surface area contributed by atoms with E-state index < -0.39 is 6.04 Å². The van der Waals surface area contributed by atoms with Crippen LogP contribution < -0.4 is 21.1 Å². The average molecular weight is 510 g/mol. The number of hydrogen-bond donors (Lipinski definition) is 2. The minimum absolute atomic E-state index is 0.0467. The maximum Gasteiger partial charge on any atom is 0.336 e. The van der Waals surface area contributed by atoms with E-state index in [9.17, 15) is 4.79 Å². The predicted molar refractivity (Wildman–Crippen MR) is 144 cm³/mol. The van der Waals surface area contributed by atoms with E-state index in [1.165, 1.54) is 0 Å². The summed E-state index contributed by atoms with van der Waals surface area (Å²) in [6.07, 6.45) is 7.09. The molecular formula is C26H39N9O2. The van der Waals surface area contributed by atoms with Gasteiger partial charge in [-0.2, -0.15) is 4.98 Å². The zero-order chi connectivity index (χ0) is 26.5. The molecule has 11 heteroatoms. The summed E-state index contributed by atoms with van der Waals surface area (Å²) in [7, 11) is 0. The van der Waals surface area contributed by atoms with Crippen LogP contribution in [0.15, 0.2) is 18.5 Å². The standard InChI is InChI=1S/C26H39N9O2/c1-5-7-12-37-26-31-22(28)24-30-16-20(35(24)32-26)14-19-13-18(4)23(29-15-19)33-8-10-34(11-9-33)25(36)21(27)17(3)6-2/h13,15-17,21H,5-12,14,27H2,1-4H3,(H2,28,31,32)/t17-,21-/m0/s1. The van der Waals surface area contributed by atoms with Gasteiger partial charge in [-0.15, -0.1) is 5.10 Å². The fourth-order valence-electron chi connectivity index (χ4n) is 4.53. The van der Waals surface area contributed by atoms with E-state index >= 15 is 0 Å². The molecule has 0 bridgehead atoms. The fourth-order valence-corrected chi connectivity index (χ4v) is 4.53. The fraction of sp³-hybridized carbons (Fsp3) is 0.577. The topological polar surface area (TPSA) is 141 Å². The Labute approximate surface area is 218 Å². The third kappa shape index (κ3) is 5.93. The number of imidazole rings is 1. The number of pyridine rings is 1. The van der Waals surface area contributed by atoms with Crippen molar-refractivity contribution >= 4 is 23.2 Å². The molecule has 1 amide bonds. The SMILES string of the molecule is CCCCOc1nc(N)c2ncc(Cc3cnc(N4CCN(C(=O)[C@@H](N)[C@@H](C)CC)CC4)c(C)c3)n2n1. The van der Waals surface area contributed by atoms with Gasteiger partial charge in [0.25, 0.3) is 0 Å². The van der Waals surface area contributed by atoms with Gasteiger partial charge in [-0.1, -0.05) is 39.7 Å². The Balaban J connectivity index is 1.43. The van der Waals surface area contributed by atoms with Crippen molar-refractivity contribution in [3.8, 4) is 6.01 Å². The molecule has 1 aliphatic heterocycles. The van der Waals surface area contributed by atoms with Crippen molar-refractivity contribution in [2.75, 3.05) is 43.4 Å². The molecule has 4 N–H and O–H groups in total. The molecule has 11 nitrogen and oxygen atoms in total. The van der Waals surface area contributed by atoms with Crippen LogP contribution >= 0.6 is 0 Å². The van der Waals surface area contributed by atoms with Crippen LogP contribution in [0.3, 0.4) is 0 Å². The smallest absolute Gasteiger partial charge is 0.336 e. The summed E-state index contributed by atoms with van der Waals surface area (Å²) in [6.45, 7) is 11.6. The number of nitrogens with zero attached hydrogens (tertiary/aromatic N) is 7. The Hall–Kier alpha value is -3.47. The highest BCUT2D eigenvalue weighted by atomic mass is 16.5. The Kier molecular flexibility index (Phi) is 8.42. The van der Waals surface area contributed by atoms with E-state index in [1.807, 2.05) is 18.0 Å². The number of carbonyl (C=O) groups is 1. The molecule has 0 saturated carbocycles. The first kappa shape index (κ1) is 26.6. The van der Waals surface area contributed by atoms with Crippen molar-refractivity contribution in [2.24, 2.45) is 11.7 Å². The molecule has 2 atom stereocenters. The van der Waals surface area contributed by atoms with Crippen LogP contribution in [0, 0.1) is 12.8 Å². The summed E-state index contributed by atoms with van der Waals surface area (Å²) in [5.41, 5.74) is 15.8. The zero-order valence-corrected chi connectivity index (χ0v) is 22.4. The van der Waals surface area contributed by atoms with Crippen molar-refractivity contribution in [3.05, 3.63) is 35.3 Å². The van der Waals surface area contributed by atoms with Gasteiger partial charge in [-0.3, -0.25) is 4.79 Å². The number of nitrogens with two attached hydrogens (primary N) is 2. The highest BCUT2D eigenvalue weighted by Gasteiger charge is 2.28. The van der Waals surface area contributed by atoms with Crippen LogP contribution in [-0.4, -0.2) is 74.2 Å². The summed E-state index contributed by atoms with van der Waals surface area (Å²) >= 11 is 0. The molecule has 1 aliphatic rings. The maximum absolute atomic E-state index is 12.7. The second kappa shape index (κ2) is 11.7. The third-order valence-corrected chi connectivity index (χ3v) is 7.09. The van der Waals surface area contributed by atoms with Crippen molar-refractivity contribution in [2.45, 2.75) is 59.4 Å². The first-order valence-corrected chi connectivity index (χ1v) is 13.2. The number of ether oxygens (including phenoxy) is 1. The van der Waals surface area contributed by atoms with E-state index in [0.717, 1.165) is 55.0 Å². The number of carbonyl (C=O) groups excluding carboxylic acids is 1. The molecule has 200 valence electrons. The van der Waals surface area contributed by atoms with E-state index in [1.54, 1.807) is 10.7 Å². The molecule has 0 aromatic carbocycles. The summed E-state index contributed by atoms with van der Waals surface area (Å²) in [5, 5.41) is 4.50. The second-order valence-electron chi connectivity index (χ2n) is 9.85. The van der Waals surface area contributed by atoms with Gasteiger partial charge in [-0.05, 0) is 30.4 Å². The lowest BCUT2D eigenvalue weighted by atomic mass is 9.98. The molecule has 4 rings (SSSR count). The summed E-state index contributed by atoms with van der Waals surface area (Å²) < 4.78 is 7.37. The number of piperazine rings is 1. The number of amides is 1. The van der Waals surface area contributed by atoms with Crippen LogP contribution in [0.2, 0.25) is 0 Å². The van der Waals surface area contributed by atoms with Gasteiger partial charge < -0.3 is 26.0 Å². The van der Waals surface area contributed by atoms with Crippen LogP contribution in [0.4, 0.5) is 11.6 Å². The molecule has 0 unspecified atom stereocenters. The maximum atomic E-state index is 12.7. The summed E-state index contributed by atoms with van der Waals surface area (Å²) in [4.78, 5) is 30.3. The number of aromatic nitrogens is 5. The van der Waals surface area contributed by atoms with Crippen molar-refractivity contribution in [1.29, 1.82) is 0 Å². The Bertz CT molecular complexity index is 1220. The number of aryl methyl sites for hydroxylation is 1. The molecular weight excluding hydrogens is 470 g/mol. The second-order valence-corrected chi connectivity index (χ2v) is 9.85. The quantitative estimate of drug-likeness (QED) is 0.393. The van der Waals surface area contributed by atoms with Crippen LogP contribution in [0.5, 0.6) is 6.01 Å². The molecule has 37 heavy (non-hydrogen) atoms. The number of anilines is 2. The van der Waals surface area contributed by atoms with Crippen molar-refractivity contribution < 1.29 is 9.53 Å². The molecule has 3 aromatic heterocycles. The summed E-state index contributed by atoms with van der Waals surface area (Å²) in [6, 6.07) is 1.96. The lowest BCUT2D eigenvalue weighted by Crippen LogP contribution is -2.54.